The van der Waals surface area contributed by atoms with Gasteiger partial charge in [0.2, 0.25) is 11.6 Å². The zero-order valence-electron chi connectivity index (χ0n) is 14.4. The van der Waals surface area contributed by atoms with Crippen molar-refractivity contribution in [3.05, 3.63) is 29.1 Å². The minimum Gasteiger partial charge on any atom is -0.364 e. The van der Waals surface area contributed by atoms with E-state index in [0.29, 0.717) is 18.2 Å². The van der Waals surface area contributed by atoms with Gasteiger partial charge in [0.1, 0.15) is 6.33 Å². The Labute approximate surface area is 143 Å². The SMILES string of the molecule is C=CCCCNc1ncnc(N2CCC(CCC)CC2)c1[N+](=O)[O-]. The van der Waals surface area contributed by atoms with Crippen LogP contribution in [-0.4, -0.2) is 34.5 Å². The summed E-state index contributed by atoms with van der Waals surface area (Å²) in [6.45, 7) is 8.14. The number of nitrogens with zero attached hydrogens (tertiary/aromatic N) is 4. The largest absolute Gasteiger partial charge is 0.364 e. The third kappa shape index (κ3) is 4.66. The monoisotopic (exact) mass is 333 g/mol. The highest BCUT2D eigenvalue weighted by Gasteiger charge is 2.29. The third-order valence-corrected chi connectivity index (χ3v) is 4.47. The molecule has 1 aliphatic rings. The maximum absolute atomic E-state index is 11.6. The van der Waals surface area contributed by atoms with Crippen LogP contribution in [-0.2, 0) is 0 Å². The number of hydrogen-bond donors (Lipinski definition) is 1. The van der Waals surface area contributed by atoms with E-state index in [0.717, 1.165) is 44.7 Å². The van der Waals surface area contributed by atoms with Crippen molar-refractivity contribution >= 4 is 17.3 Å². The van der Waals surface area contributed by atoms with Crippen LogP contribution in [0, 0.1) is 16.0 Å². The van der Waals surface area contributed by atoms with Crippen LogP contribution in [0.5, 0.6) is 0 Å². The predicted molar refractivity (Wildman–Crippen MR) is 96.5 cm³/mol. The number of anilines is 2. The number of rotatable bonds is 9. The molecule has 0 aliphatic carbocycles. The van der Waals surface area contributed by atoms with Gasteiger partial charge in [0.25, 0.3) is 0 Å². The van der Waals surface area contributed by atoms with E-state index in [9.17, 15) is 10.1 Å². The van der Waals surface area contributed by atoms with Crippen molar-refractivity contribution in [1.82, 2.24) is 9.97 Å². The fourth-order valence-corrected chi connectivity index (χ4v) is 3.19. The second kappa shape index (κ2) is 9.20. The molecule has 1 aromatic rings. The first-order valence-corrected chi connectivity index (χ1v) is 8.76. The van der Waals surface area contributed by atoms with E-state index in [4.69, 9.17) is 0 Å². The molecule has 0 atom stereocenters. The van der Waals surface area contributed by atoms with Gasteiger partial charge < -0.3 is 10.2 Å². The average molecular weight is 333 g/mol. The molecule has 132 valence electrons. The summed E-state index contributed by atoms with van der Waals surface area (Å²) >= 11 is 0. The summed E-state index contributed by atoms with van der Waals surface area (Å²) in [7, 11) is 0. The number of nitro groups is 1. The Bertz CT molecular complexity index is 556. The summed E-state index contributed by atoms with van der Waals surface area (Å²) in [5.41, 5.74) is -0.00922. The molecular formula is C17H27N5O2. The van der Waals surface area contributed by atoms with Crippen LogP contribution < -0.4 is 10.2 Å². The van der Waals surface area contributed by atoms with Crippen LogP contribution in [0.4, 0.5) is 17.3 Å². The second-order valence-corrected chi connectivity index (χ2v) is 6.23. The summed E-state index contributed by atoms with van der Waals surface area (Å²) in [5.74, 6) is 1.48. The molecule has 0 amide bonds. The molecule has 0 bridgehead atoms. The summed E-state index contributed by atoms with van der Waals surface area (Å²) in [5, 5.41) is 14.7. The number of piperidine rings is 1. The van der Waals surface area contributed by atoms with E-state index in [2.05, 4.69) is 28.8 Å². The van der Waals surface area contributed by atoms with Crippen LogP contribution in [0.2, 0.25) is 0 Å². The van der Waals surface area contributed by atoms with Gasteiger partial charge in [-0.25, -0.2) is 9.97 Å². The fraction of sp³-hybridized carbons (Fsp3) is 0.647. The molecular weight excluding hydrogens is 306 g/mol. The van der Waals surface area contributed by atoms with Crippen molar-refractivity contribution < 1.29 is 4.92 Å². The van der Waals surface area contributed by atoms with Crippen molar-refractivity contribution in [2.75, 3.05) is 29.9 Å². The Morgan fingerprint density at radius 1 is 1.46 bits per heavy atom. The van der Waals surface area contributed by atoms with Gasteiger partial charge in [0.05, 0.1) is 4.92 Å². The molecule has 0 unspecified atom stereocenters. The number of hydrogen-bond acceptors (Lipinski definition) is 6. The second-order valence-electron chi connectivity index (χ2n) is 6.23. The van der Waals surface area contributed by atoms with Crippen molar-refractivity contribution in [3.8, 4) is 0 Å². The summed E-state index contributed by atoms with van der Waals surface area (Å²) in [4.78, 5) is 21.5. The van der Waals surface area contributed by atoms with Crippen molar-refractivity contribution in [3.63, 3.8) is 0 Å². The van der Waals surface area contributed by atoms with Gasteiger partial charge in [-0.2, -0.15) is 0 Å². The summed E-state index contributed by atoms with van der Waals surface area (Å²) in [6.07, 6.45) is 9.53. The smallest absolute Gasteiger partial charge is 0.353 e. The van der Waals surface area contributed by atoms with E-state index < -0.39 is 0 Å². The molecule has 1 fully saturated rings. The maximum Gasteiger partial charge on any atom is 0.353 e. The van der Waals surface area contributed by atoms with Gasteiger partial charge in [-0.3, -0.25) is 10.1 Å². The number of unbranched alkanes of at least 4 members (excludes halogenated alkanes) is 1. The first-order chi connectivity index (χ1) is 11.7. The molecule has 1 saturated heterocycles. The van der Waals surface area contributed by atoms with Crippen LogP contribution in [0.1, 0.15) is 45.4 Å². The van der Waals surface area contributed by atoms with Crippen molar-refractivity contribution in [2.45, 2.75) is 45.4 Å². The Morgan fingerprint density at radius 3 is 2.83 bits per heavy atom. The highest BCUT2D eigenvalue weighted by molar-refractivity contribution is 5.70. The van der Waals surface area contributed by atoms with Gasteiger partial charge in [-0.1, -0.05) is 25.8 Å². The van der Waals surface area contributed by atoms with E-state index >= 15 is 0 Å². The van der Waals surface area contributed by atoms with E-state index in [1.165, 1.54) is 19.2 Å². The lowest BCUT2D eigenvalue weighted by Gasteiger charge is -2.32. The summed E-state index contributed by atoms with van der Waals surface area (Å²) < 4.78 is 0. The van der Waals surface area contributed by atoms with Crippen LogP contribution in [0.3, 0.4) is 0 Å². The topological polar surface area (TPSA) is 84.2 Å². The summed E-state index contributed by atoms with van der Waals surface area (Å²) in [6, 6.07) is 0. The molecule has 0 spiro atoms. The maximum atomic E-state index is 11.6. The fourth-order valence-electron chi connectivity index (χ4n) is 3.19. The van der Waals surface area contributed by atoms with Crippen LogP contribution in [0.25, 0.3) is 0 Å². The van der Waals surface area contributed by atoms with Crippen molar-refractivity contribution in [2.24, 2.45) is 5.92 Å². The van der Waals surface area contributed by atoms with Crippen molar-refractivity contribution in [1.29, 1.82) is 0 Å². The highest BCUT2D eigenvalue weighted by Crippen LogP contribution is 2.34. The lowest BCUT2D eigenvalue weighted by Crippen LogP contribution is -2.34. The molecule has 0 radical (unpaired) electrons. The van der Waals surface area contributed by atoms with E-state index in [-0.39, 0.29) is 10.6 Å². The zero-order chi connectivity index (χ0) is 17.4. The minimum atomic E-state index is -0.372. The zero-order valence-corrected chi connectivity index (χ0v) is 14.4. The normalized spacial score (nSPS) is 15.3. The standard InChI is InChI=1S/C17H27N5O2/c1-3-5-6-10-18-16-15(22(23)24)17(20-13-19-16)21-11-8-14(7-4-2)9-12-21/h3,13-14H,1,4-12H2,2H3,(H,18,19,20). The average Bonchev–Trinajstić information content (AvgIpc) is 2.59. The Kier molecular flexibility index (Phi) is 6.96. The molecule has 2 heterocycles. The first kappa shape index (κ1) is 18.2. The van der Waals surface area contributed by atoms with Gasteiger partial charge in [-0.15, -0.1) is 6.58 Å². The Balaban J connectivity index is 2.11. The predicted octanol–water partition coefficient (Wildman–Crippen LogP) is 3.78. The van der Waals surface area contributed by atoms with Gasteiger partial charge in [0.15, 0.2) is 0 Å². The van der Waals surface area contributed by atoms with Crippen LogP contribution in [0.15, 0.2) is 19.0 Å². The molecule has 2 rings (SSSR count). The third-order valence-electron chi connectivity index (χ3n) is 4.47. The molecule has 0 saturated carbocycles. The number of nitrogens with one attached hydrogen (secondary N) is 1. The molecule has 1 N–H and O–H groups in total. The number of allylic oxidation sites excluding steroid dienone is 1. The van der Waals surface area contributed by atoms with Gasteiger partial charge in [0, 0.05) is 19.6 Å². The molecule has 7 heteroatoms. The van der Waals surface area contributed by atoms with Gasteiger partial charge in [-0.05, 0) is 31.6 Å². The quantitative estimate of drug-likeness (QED) is 0.320. The molecule has 24 heavy (non-hydrogen) atoms. The van der Waals surface area contributed by atoms with Crippen LogP contribution >= 0.6 is 0 Å². The lowest BCUT2D eigenvalue weighted by atomic mass is 9.92. The molecule has 0 aromatic carbocycles. The first-order valence-electron chi connectivity index (χ1n) is 8.76. The van der Waals surface area contributed by atoms with E-state index in [1.54, 1.807) is 0 Å². The minimum absolute atomic E-state index is 0.00922. The molecule has 1 aromatic heterocycles. The molecule has 7 nitrogen and oxygen atoms in total. The molecule has 1 aliphatic heterocycles. The number of aromatic nitrogens is 2. The highest BCUT2D eigenvalue weighted by atomic mass is 16.6. The Hall–Kier alpha value is -2.18. The lowest BCUT2D eigenvalue weighted by molar-refractivity contribution is -0.383. The van der Waals surface area contributed by atoms with Gasteiger partial charge >= 0.3 is 5.69 Å². The Morgan fingerprint density at radius 2 is 2.21 bits per heavy atom. The van der Waals surface area contributed by atoms with E-state index in [1.807, 2.05) is 11.0 Å².